The fourth-order valence-corrected chi connectivity index (χ4v) is 4.21. The monoisotopic (exact) mass is 438 g/mol. The van der Waals surface area contributed by atoms with Gasteiger partial charge in [0, 0.05) is 12.0 Å². The predicted molar refractivity (Wildman–Crippen MR) is 118 cm³/mol. The van der Waals surface area contributed by atoms with Gasteiger partial charge in [-0.3, -0.25) is 9.59 Å². The number of aromatic nitrogens is 3. The summed E-state index contributed by atoms with van der Waals surface area (Å²) in [4.78, 5) is 25.8. The first-order chi connectivity index (χ1) is 15.1. The molecule has 2 heterocycles. The van der Waals surface area contributed by atoms with E-state index in [2.05, 4.69) is 15.5 Å². The first-order valence-corrected chi connectivity index (χ1v) is 10.8. The lowest BCUT2D eigenvalue weighted by atomic mass is 10.2. The van der Waals surface area contributed by atoms with Gasteiger partial charge >= 0.3 is 0 Å². The van der Waals surface area contributed by atoms with Crippen molar-refractivity contribution in [3.8, 4) is 22.9 Å². The lowest BCUT2D eigenvalue weighted by molar-refractivity contribution is -0.115. The van der Waals surface area contributed by atoms with Crippen LogP contribution in [0.5, 0.6) is 11.5 Å². The van der Waals surface area contributed by atoms with Crippen LogP contribution < -0.4 is 14.8 Å². The Bertz CT molecular complexity index is 1100. The summed E-state index contributed by atoms with van der Waals surface area (Å²) in [6, 6.07) is 14.5. The van der Waals surface area contributed by atoms with Crippen LogP contribution in [0.2, 0.25) is 0 Å². The molecule has 0 fully saturated rings. The molecule has 0 saturated heterocycles. The molecule has 0 spiro atoms. The highest BCUT2D eigenvalue weighted by Gasteiger charge is 2.34. The molecule has 1 aliphatic heterocycles. The molecule has 1 aromatic heterocycles. The second kappa shape index (κ2) is 9.22. The van der Waals surface area contributed by atoms with Crippen LogP contribution >= 0.6 is 11.8 Å². The largest absolute Gasteiger partial charge is 0.497 e. The van der Waals surface area contributed by atoms with E-state index in [1.807, 2.05) is 37.3 Å². The molecule has 0 aliphatic carbocycles. The zero-order chi connectivity index (χ0) is 21.8. The zero-order valence-corrected chi connectivity index (χ0v) is 18.0. The van der Waals surface area contributed by atoms with Crippen LogP contribution in [-0.2, 0) is 4.79 Å². The van der Waals surface area contributed by atoms with Gasteiger partial charge in [0.25, 0.3) is 0 Å². The van der Waals surface area contributed by atoms with Crippen molar-refractivity contribution in [3.63, 3.8) is 0 Å². The summed E-state index contributed by atoms with van der Waals surface area (Å²) in [6.07, 6.45) is 0.907. The summed E-state index contributed by atoms with van der Waals surface area (Å²) in [5.41, 5.74) is 1.33. The number of carbonyl (C=O) groups is 2. The molecule has 1 unspecified atom stereocenters. The van der Waals surface area contributed by atoms with Crippen LogP contribution in [0.25, 0.3) is 11.4 Å². The number of anilines is 1. The molecule has 1 atom stereocenters. The van der Waals surface area contributed by atoms with Gasteiger partial charge in [-0.15, -0.1) is 10.2 Å². The third kappa shape index (κ3) is 4.41. The Morgan fingerprint density at radius 2 is 1.97 bits per heavy atom. The number of thioether (sulfide) groups is 1. The number of carbonyl (C=O) groups excluding carboxylic acids is 2. The molecule has 4 rings (SSSR count). The second-order valence-electron chi connectivity index (χ2n) is 6.91. The Balaban J connectivity index is 1.52. The standard InChI is InChI=1S/C22H22N4O4S/c1-3-12-30-17-7-5-4-6-16(17)23-21(28)18-13-19(27)26-20(24-25-22(26)31-18)14-8-10-15(29-2)11-9-14/h4-11,18H,3,12-13H2,1-2H3,(H,23,28). The lowest BCUT2D eigenvalue weighted by Gasteiger charge is -2.21. The van der Waals surface area contributed by atoms with Gasteiger partial charge in [0.2, 0.25) is 11.8 Å². The van der Waals surface area contributed by atoms with Gasteiger partial charge in [-0.2, -0.15) is 0 Å². The van der Waals surface area contributed by atoms with Gasteiger partial charge in [-0.05, 0) is 42.8 Å². The van der Waals surface area contributed by atoms with Gasteiger partial charge in [0.05, 0.1) is 19.4 Å². The molecule has 1 N–H and O–H groups in total. The summed E-state index contributed by atoms with van der Waals surface area (Å²) in [6.45, 7) is 2.57. The molecular formula is C22H22N4O4S. The molecule has 1 amide bonds. The van der Waals surface area contributed by atoms with E-state index in [0.717, 1.165) is 12.0 Å². The molecule has 0 saturated carbocycles. The lowest BCUT2D eigenvalue weighted by Crippen LogP contribution is -2.33. The highest BCUT2D eigenvalue weighted by molar-refractivity contribution is 8.00. The minimum atomic E-state index is -0.604. The van der Waals surface area contributed by atoms with Crippen LogP contribution in [0.1, 0.15) is 24.6 Å². The fraction of sp³-hybridized carbons (Fsp3) is 0.273. The summed E-state index contributed by atoms with van der Waals surface area (Å²) in [7, 11) is 1.59. The van der Waals surface area contributed by atoms with Gasteiger partial charge in [0.15, 0.2) is 11.0 Å². The molecule has 9 heteroatoms. The number of fused-ring (bicyclic) bond motifs is 1. The number of methoxy groups -OCH3 is 1. The molecule has 0 bridgehead atoms. The van der Waals surface area contributed by atoms with E-state index >= 15 is 0 Å². The fourth-order valence-electron chi connectivity index (χ4n) is 3.18. The number of nitrogens with one attached hydrogen (secondary N) is 1. The number of amides is 1. The molecular weight excluding hydrogens is 416 g/mol. The van der Waals surface area contributed by atoms with E-state index in [1.165, 1.54) is 16.3 Å². The van der Waals surface area contributed by atoms with Crippen molar-refractivity contribution >= 4 is 29.3 Å². The average Bonchev–Trinajstić information content (AvgIpc) is 3.23. The number of benzene rings is 2. The van der Waals surface area contributed by atoms with E-state index in [4.69, 9.17) is 9.47 Å². The van der Waals surface area contributed by atoms with E-state index in [-0.39, 0.29) is 18.2 Å². The predicted octanol–water partition coefficient (Wildman–Crippen LogP) is 3.89. The molecule has 160 valence electrons. The van der Waals surface area contributed by atoms with E-state index in [0.29, 0.717) is 34.8 Å². The summed E-state index contributed by atoms with van der Waals surface area (Å²) >= 11 is 1.23. The Labute approximate surface area is 184 Å². The zero-order valence-electron chi connectivity index (χ0n) is 17.2. The Kier molecular flexibility index (Phi) is 6.22. The summed E-state index contributed by atoms with van der Waals surface area (Å²) < 4.78 is 12.3. The maximum Gasteiger partial charge on any atom is 0.238 e. The Morgan fingerprint density at radius 3 is 2.71 bits per heavy atom. The quantitative estimate of drug-likeness (QED) is 0.598. The van der Waals surface area contributed by atoms with Gasteiger partial charge in [-0.1, -0.05) is 30.8 Å². The average molecular weight is 439 g/mol. The first kappa shape index (κ1) is 20.9. The SMILES string of the molecule is CCCOc1ccccc1NC(=O)C1CC(=O)n2c(nnc2-c2ccc(OC)cc2)S1. The molecule has 8 nitrogen and oxygen atoms in total. The summed E-state index contributed by atoms with van der Waals surface area (Å²) in [5.74, 6) is 1.27. The molecule has 31 heavy (non-hydrogen) atoms. The normalized spacial score (nSPS) is 15.3. The van der Waals surface area contributed by atoms with Crippen molar-refractivity contribution in [3.05, 3.63) is 48.5 Å². The summed E-state index contributed by atoms with van der Waals surface area (Å²) in [5, 5.41) is 11.0. The van der Waals surface area contributed by atoms with Crippen molar-refractivity contribution in [1.82, 2.24) is 14.8 Å². The number of hydrogen-bond acceptors (Lipinski definition) is 7. The Morgan fingerprint density at radius 1 is 1.19 bits per heavy atom. The minimum Gasteiger partial charge on any atom is -0.497 e. The van der Waals surface area contributed by atoms with E-state index < -0.39 is 5.25 Å². The maximum atomic E-state index is 12.9. The molecule has 3 aromatic rings. The van der Waals surface area contributed by atoms with Gasteiger partial charge < -0.3 is 14.8 Å². The molecule has 2 aromatic carbocycles. The Hall–Kier alpha value is -3.33. The van der Waals surface area contributed by atoms with Crippen molar-refractivity contribution < 1.29 is 19.1 Å². The van der Waals surface area contributed by atoms with E-state index in [1.54, 1.807) is 25.3 Å². The molecule has 1 aliphatic rings. The van der Waals surface area contributed by atoms with Gasteiger partial charge in [0.1, 0.15) is 16.7 Å². The molecule has 0 radical (unpaired) electrons. The van der Waals surface area contributed by atoms with Crippen LogP contribution in [0, 0.1) is 0 Å². The number of nitrogens with zero attached hydrogens (tertiary/aromatic N) is 3. The van der Waals surface area contributed by atoms with Crippen LogP contribution in [0.3, 0.4) is 0 Å². The second-order valence-corrected chi connectivity index (χ2v) is 8.08. The topological polar surface area (TPSA) is 95.3 Å². The highest BCUT2D eigenvalue weighted by Crippen LogP contribution is 2.35. The third-order valence-electron chi connectivity index (χ3n) is 4.74. The maximum absolute atomic E-state index is 12.9. The van der Waals surface area contributed by atoms with Gasteiger partial charge in [-0.25, -0.2) is 4.57 Å². The van der Waals surface area contributed by atoms with Crippen molar-refractivity contribution in [2.24, 2.45) is 0 Å². The van der Waals surface area contributed by atoms with Crippen LogP contribution in [0.15, 0.2) is 53.7 Å². The van der Waals surface area contributed by atoms with Crippen molar-refractivity contribution in [1.29, 1.82) is 0 Å². The number of para-hydroxylation sites is 2. The van der Waals surface area contributed by atoms with Crippen LogP contribution in [0.4, 0.5) is 5.69 Å². The van der Waals surface area contributed by atoms with E-state index in [9.17, 15) is 9.59 Å². The van der Waals surface area contributed by atoms with Crippen molar-refractivity contribution in [2.75, 3.05) is 19.0 Å². The minimum absolute atomic E-state index is 0.0443. The number of hydrogen-bond donors (Lipinski definition) is 1. The number of rotatable bonds is 7. The van der Waals surface area contributed by atoms with Crippen molar-refractivity contribution in [2.45, 2.75) is 30.2 Å². The first-order valence-electron chi connectivity index (χ1n) is 9.93. The third-order valence-corrected chi connectivity index (χ3v) is 5.88. The number of ether oxygens (including phenoxy) is 2. The smallest absolute Gasteiger partial charge is 0.238 e. The highest BCUT2D eigenvalue weighted by atomic mass is 32.2. The van der Waals surface area contributed by atoms with Crippen LogP contribution in [-0.4, -0.2) is 45.5 Å².